The second-order valence-corrected chi connectivity index (χ2v) is 7.86. The Bertz CT molecular complexity index is 1120. The molecule has 2 N–H and O–H groups in total. The van der Waals surface area contributed by atoms with Crippen molar-refractivity contribution in [3.63, 3.8) is 0 Å². The Morgan fingerprint density at radius 2 is 1.89 bits per heavy atom. The summed E-state index contributed by atoms with van der Waals surface area (Å²) in [4.78, 5) is 20.0. The zero-order valence-corrected chi connectivity index (χ0v) is 16.2. The number of H-pyrrole nitrogens is 1. The van der Waals surface area contributed by atoms with Crippen molar-refractivity contribution in [3.05, 3.63) is 78.0 Å². The molecule has 1 amide bonds. The van der Waals surface area contributed by atoms with Gasteiger partial charge in [0.05, 0.1) is 12.2 Å². The third-order valence-corrected chi connectivity index (χ3v) is 4.70. The van der Waals surface area contributed by atoms with E-state index in [1.807, 2.05) is 42.5 Å². The van der Waals surface area contributed by atoms with Crippen molar-refractivity contribution in [2.45, 2.75) is 32.7 Å². The number of rotatable bonds is 4. The zero-order valence-electron chi connectivity index (χ0n) is 16.2. The van der Waals surface area contributed by atoms with Crippen LogP contribution < -0.4 is 5.32 Å². The minimum Gasteiger partial charge on any atom is -0.351 e. The number of amides is 1. The molecular weight excluding hydrogens is 350 g/mol. The van der Waals surface area contributed by atoms with Gasteiger partial charge in [0, 0.05) is 10.9 Å². The van der Waals surface area contributed by atoms with Gasteiger partial charge in [-0.1, -0.05) is 45.0 Å². The molecule has 6 heteroatoms. The highest BCUT2D eigenvalue weighted by Crippen LogP contribution is 2.26. The fraction of sp³-hybridized carbons (Fsp3) is 0.227. The van der Waals surface area contributed by atoms with E-state index in [0.717, 1.165) is 16.6 Å². The Morgan fingerprint density at radius 1 is 1.11 bits per heavy atom. The van der Waals surface area contributed by atoms with E-state index < -0.39 is 0 Å². The van der Waals surface area contributed by atoms with Gasteiger partial charge in [-0.15, -0.1) is 5.10 Å². The van der Waals surface area contributed by atoms with Gasteiger partial charge in [-0.2, -0.15) is 0 Å². The fourth-order valence-electron chi connectivity index (χ4n) is 3.06. The highest BCUT2D eigenvalue weighted by Gasteiger charge is 2.16. The van der Waals surface area contributed by atoms with Crippen LogP contribution in [0.15, 0.2) is 60.9 Å². The summed E-state index contributed by atoms with van der Waals surface area (Å²) < 4.78 is 1.69. The van der Waals surface area contributed by atoms with Gasteiger partial charge in [-0.3, -0.25) is 4.79 Å². The highest BCUT2D eigenvalue weighted by molar-refractivity contribution is 5.98. The fourth-order valence-corrected chi connectivity index (χ4v) is 3.06. The number of aromatic amines is 1. The molecule has 0 fully saturated rings. The van der Waals surface area contributed by atoms with E-state index in [0.29, 0.717) is 11.5 Å². The average Bonchev–Trinajstić information content (AvgIpc) is 3.32. The Kier molecular flexibility index (Phi) is 4.47. The molecule has 0 bridgehead atoms. The van der Waals surface area contributed by atoms with Gasteiger partial charge >= 0.3 is 0 Å². The van der Waals surface area contributed by atoms with Crippen LogP contribution in [0, 0.1) is 0 Å². The molecule has 4 rings (SSSR count). The summed E-state index contributed by atoms with van der Waals surface area (Å²) in [7, 11) is 0. The van der Waals surface area contributed by atoms with E-state index in [9.17, 15) is 4.79 Å². The molecule has 0 atom stereocenters. The largest absolute Gasteiger partial charge is 0.351 e. The first-order chi connectivity index (χ1) is 13.4. The van der Waals surface area contributed by atoms with Gasteiger partial charge in [0.25, 0.3) is 5.91 Å². The van der Waals surface area contributed by atoms with E-state index in [4.69, 9.17) is 0 Å². The van der Waals surface area contributed by atoms with Gasteiger partial charge in [0.15, 0.2) is 5.82 Å². The molecule has 0 spiro atoms. The maximum Gasteiger partial charge on any atom is 0.268 e. The zero-order chi connectivity index (χ0) is 19.7. The third-order valence-electron chi connectivity index (χ3n) is 4.70. The second-order valence-electron chi connectivity index (χ2n) is 7.86. The van der Waals surface area contributed by atoms with Crippen LogP contribution in [0.5, 0.6) is 0 Å². The van der Waals surface area contributed by atoms with Crippen LogP contribution in [0.4, 0.5) is 0 Å². The molecular formula is C22H23N5O. The van der Waals surface area contributed by atoms with E-state index >= 15 is 0 Å². The number of hydrogen-bond acceptors (Lipinski definition) is 3. The Morgan fingerprint density at radius 3 is 2.64 bits per heavy atom. The van der Waals surface area contributed by atoms with E-state index in [1.165, 1.54) is 5.56 Å². The molecule has 0 aliphatic rings. The molecule has 2 aromatic heterocycles. The summed E-state index contributed by atoms with van der Waals surface area (Å²) >= 11 is 0. The average molecular weight is 373 g/mol. The maximum absolute atomic E-state index is 12.5. The molecule has 0 radical (unpaired) electrons. The first kappa shape index (κ1) is 18.0. The number of nitrogens with zero attached hydrogens (tertiary/aromatic N) is 3. The first-order valence-corrected chi connectivity index (χ1v) is 9.27. The van der Waals surface area contributed by atoms with Crippen LogP contribution in [0.2, 0.25) is 0 Å². The lowest BCUT2D eigenvalue weighted by atomic mass is 9.86. The summed E-state index contributed by atoms with van der Waals surface area (Å²) in [6, 6.07) is 17.9. The van der Waals surface area contributed by atoms with E-state index in [1.54, 1.807) is 11.0 Å². The second kappa shape index (κ2) is 6.96. The minimum atomic E-state index is -0.176. The SMILES string of the molecule is CC(C)(C)c1ccc2[nH]c(C(=O)NCc3ncn(-c4ccccc4)n3)cc2c1. The topological polar surface area (TPSA) is 75.6 Å². The highest BCUT2D eigenvalue weighted by atomic mass is 16.1. The van der Waals surface area contributed by atoms with Crippen LogP contribution in [0.3, 0.4) is 0 Å². The number of benzene rings is 2. The van der Waals surface area contributed by atoms with E-state index in [-0.39, 0.29) is 17.9 Å². The Hall–Kier alpha value is -3.41. The number of aromatic nitrogens is 4. The van der Waals surface area contributed by atoms with Crippen molar-refractivity contribution in [2.75, 3.05) is 0 Å². The number of para-hydroxylation sites is 1. The van der Waals surface area contributed by atoms with Crippen LogP contribution in [0.25, 0.3) is 16.6 Å². The van der Waals surface area contributed by atoms with Gasteiger partial charge in [-0.05, 0) is 41.3 Å². The summed E-state index contributed by atoms with van der Waals surface area (Å²) in [6.07, 6.45) is 1.65. The number of fused-ring (bicyclic) bond motifs is 1. The molecule has 2 heterocycles. The molecule has 0 unspecified atom stereocenters. The quantitative estimate of drug-likeness (QED) is 0.568. The van der Waals surface area contributed by atoms with Gasteiger partial charge in [0.2, 0.25) is 0 Å². The molecule has 142 valence electrons. The van der Waals surface area contributed by atoms with Gasteiger partial charge < -0.3 is 10.3 Å². The van der Waals surface area contributed by atoms with Crippen molar-refractivity contribution in [3.8, 4) is 5.69 Å². The summed E-state index contributed by atoms with van der Waals surface area (Å²) in [6.45, 7) is 6.79. The third kappa shape index (κ3) is 3.67. The summed E-state index contributed by atoms with van der Waals surface area (Å²) in [5.41, 5.74) is 3.71. The molecule has 2 aromatic carbocycles. The van der Waals surface area contributed by atoms with Gasteiger partial charge in [-0.25, -0.2) is 9.67 Å². The lowest BCUT2D eigenvalue weighted by Gasteiger charge is -2.18. The molecule has 0 saturated carbocycles. The first-order valence-electron chi connectivity index (χ1n) is 9.27. The molecule has 4 aromatic rings. The van der Waals surface area contributed by atoms with Crippen molar-refractivity contribution in [2.24, 2.45) is 0 Å². The Balaban J connectivity index is 1.46. The van der Waals surface area contributed by atoms with Crippen molar-refractivity contribution >= 4 is 16.8 Å². The lowest BCUT2D eigenvalue weighted by Crippen LogP contribution is -2.23. The number of carbonyl (C=O) groups excluding carboxylic acids is 1. The maximum atomic E-state index is 12.5. The van der Waals surface area contributed by atoms with Crippen LogP contribution in [-0.4, -0.2) is 25.7 Å². The van der Waals surface area contributed by atoms with Crippen LogP contribution >= 0.6 is 0 Å². The predicted octanol–water partition coefficient (Wildman–Crippen LogP) is 3.98. The van der Waals surface area contributed by atoms with Crippen LogP contribution in [0.1, 0.15) is 42.6 Å². The number of nitrogens with one attached hydrogen (secondary N) is 2. The molecule has 0 aliphatic heterocycles. The summed E-state index contributed by atoms with van der Waals surface area (Å²) in [5.74, 6) is 0.382. The van der Waals surface area contributed by atoms with Crippen LogP contribution in [-0.2, 0) is 12.0 Å². The molecule has 6 nitrogen and oxygen atoms in total. The van der Waals surface area contributed by atoms with Crippen molar-refractivity contribution in [1.29, 1.82) is 0 Å². The molecule has 0 saturated heterocycles. The normalized spacial score (nSPS) is 11.7. The minimum absolute atomic E-state index is 0.0666. The number of hydrogen-bond donors (Lipinski definition) is 2. The van der Waals surface area contributed by atoms with E-state index in [2.05, 4.69) is 53.3 Å². The smallest absolute Gasteiger partial charge is 0.268 e. The summed E-state index contributed by atoms with van der Waals surface area (Å²) in [5, 5.41) is 8.32. The lowest BCUT2D eigenvalue weighted by molar-refractivity contribution is 0.0945. The monoisotopic (exact) mass is 373 g/mol. The molecule has 0 aliphatic carbocycles. The van der Waals surface area contributed by atoms with Crippen molar-refractivity contribution < 1.29 is 4.79 Å². The van der Waals surface area contributed by atoms with Crippen molar-refractivity contribution in [1.82, 2.24) is 25.1 Å². The number of carbonyl (C=O) groups is 1. The predicted molar refractivity (Wildman–Crippen MR) is 110 cm³/mol. The Labute approximate surface area is 163 Å². The molecule has 28 heavy (non-hydrogen) atoms. The standard InChI is InChI=1S/C22H23N5O/c1-22(2,3)16-9-10-18-15(11-16)12-19(25-18)21(28)23-13-20-24-14-27(26-20)17-7-5-4-6-8-17/h4-12,14,25H,13H2,1-3H3,(H,23,28). The van der Waals surface area contributed by atoms with Gasteiger partial charge in [0.1, 0.15) is 12.0 Å².